The van der Waals surface area contributed by atoms with Crippen molar-refractivity contribution in [2.24, 2.45) is 0 Å². The van der Waals surface area contributed by atoms with E-state index in [9.17, 15) is 0 Å². The Morgan fingerprint density at radius 1 is 1.86 bits per heavy atom. The van der Waals surface area contributed by atoms with Crippen LogP contribution in [0.4, 0.5) is 0 Å². The number of alkyl halides is 1. The lowest BCUT2D eigenvalue weighted by molar-refractivity contribution is 1.08. The van der Waals surface area contributed by atoms with E-state index in [4.69, 9.17) is 0 Å². The van der Waals surface area contributed by atoms with Gasteiger partial charge in [0, 0.05) is 11.5 Å². The van der Waals surface area contributed by atoms with E-state index in [1.807, 2.05) is 13.2 Å². The lowest BCUT2D eigenvalue weighted by atomic mass is 10.4. The van der Waals surface area contributed by atoms with Crippen LogP contribution in [0.15, 0.2) is 11.8 Å². The van der Waals surface area contributed by atoms with Gasteiger partial charge in [0.25, 0.3) is 0 Å². The first kappa shape index (κ1) is 7.27. The molecule has 0 aromatic carbocycles. The molecular formula is C5H10IN. The van der Waals surface area contributed by atoms with Gasteiger partial charge in [0.1, 0.15) is 0 Å². The highest BCUT2D eigenvalue weighted by Gasteiger charge is 1.77. The summed E-state index contributed by atoms with van der Waals surface area (Å²) < 4.78 is 1.11. The molecule has 0 bridgehead atoms. The number of hydrogen-bond acceptors (Lipinski definition) is 1. The minimum Gasteiger partial charge on any atom is -0.394 e. The van der Waals surface area contributed by atoms with E-state index in [2.05, 4.69) is 34.8 Å². The molecule has 0 aromatic rings. The Labute approximate surface area is 58.3 Å². The van der Waals surface area contributed by atoms with Crippen molar-refractivity contribution in [3.05, 3.63) is 11.8 Å². The molecule has 0 saturated heterocycles. The average molecular weight is 211 g/mol. The van der Waals surface area contributed by atoms with Crippen LogP contribution in [0.1, 0.15) is 6.92 Å². The quantitative estimate of drug-likeness (QED) is 0.539. The SMILES string of the molecule is CN/C=C(\C)CI. The van der Waals surface area contributed by atoms with E-state index in [-0.39, 0.29) is 0 Å². The zero-order valence-electron chi connectivity index (χ0n) is 4.66. The molecule has 0 aliphatic carbocycles. The Bertz CT molecular complexity index is 68.5. The van der Waals surface area contributed by atoms with Gasteiger partial charge in [-0.2, -0.15) is 0 Å². The third-order valence-corrected chi connectivity index (χ3v) is 1.80. The molecule has 0 atom stereocenters. The second-order valence-electron chi connectivity index (χ2n) is 1.41. The molecule has 0 aliphatic rings. The van der Waals surface area contributed by atoms with Gasteiger partial charge in [-0.15, -0.1) is 0 Å². The molecule has 0 unspecified atom stereocenters. The molecule has 0 radical (unpaired) electrons. The lowest BCUT2D eigenvalue weighted by Crippen LogP contribution is -1.94. The summed E-state index contributed by atoms with van der Waals surface area (Å²) in [4.78, 5) is 0. The van der Waals surface area contributed by atoms with E-state index in [1.165, 1.54) is 5.57 Å². The van der Waals surface area contributed by atoms with Crippen LogP contribution in [-0.4, -0.2) is 11.5 Å². The van der Waals surface area contributed by atoms with E-state index in [0.29, 0.717) is 0 Å². The monoisotopic (exact) mass is 211 g/mol. The van der Waals surface area contributed by atoms with Crippen LogP contribution in [0.5, 0.6) is 0 Å². The van der Waals surface area contributed by atoms with Crippen LogP contribution in [-0.2, 0) is 0 Å². The Kier molecular flexibility index (Phi) is 4.60. The summed E-state index contributed by atoms with van der Waals surface area (Å²) in [5.41, 5.74) is 1.38. The van der Waals surface area contributed by atoms with Crippen molar-refractivity contribution < 1.29 is 0 Å². The summed E-state index contributed by atoms with van der Waals surface area (Å²) in [5, 5.41) is 2.95. The predicted molar refractivity (Wildman–Crippen MR) is 41.7 cm³/mol. The Hall–Kier alpha value is 0.270. The topological polar surface area (TPSA) is 12.0 Å². The van der Waals surface area contributed by atoms with Crippen LogP contribution >= 0.6 is 22.6 Å². The Balaban J connectivity index is 3.29. The zero-order chi connectivity index (χ0) is 5.70. The van der Waals surface area contributed by atoms with Gasteiger partial charge < -0.3 is 5.32 Å². The maximum Gasteiger partial charge on any atom is 0.0220 e. The van der Waals surface area contributed by atoms with Crippen molar-refractivity contribution in [3.63, 3.8) is 0 Å². The summed E-state index contributed by atoms with van der Waals surface area (Å²) in [7, 11) is 1.91. The average Bonchev–Trinajstić information content (AvgIpc) is 1.68. The van der Waals surface area contributed by atoms with Crippen molar-refractivity contribution in [1.82, 2.24) is 5.32 Å². The summed E-state index contributed by atoms with van der Waals surface area (Å²) in [6.45, 7) is 2.10. The van der Waals surface area contributed by atoms with Crippen LogP contribution in [0, 0.1) is 0 Å². The predicted octanol–water partition coefficient (Wildman–Crippen LogP) is 1.54. The standard InChI is InChI=1S/C5H10IN/c1-5(3-6)4-7-2/h4,7H,3H2,1-2H3/b5-4+. The molecular weight excluding hydrogens is 201 g/mol. The molecule has 0 aliphatic heterocycles. The van der Waals surface area contributed by atoms with Gasteiger partial charge >= 0.3 is 0 Å². The van der Waals surface area contributed by atoms with Gasteiger partial charge in [0.05, 0.1) is 0 Å². The largest absolute Gasteiger partial charge is 0.394 e. The summed E-state index contributed by atoms with van der Waals surface area (Å²) >= 11 is 2.33. The number of hydrogen-bond donors (Lipinski definition) is 1. The first-order chi connectivity index (χ1) is 3.31. The van der Waals surface area contributed by atoms with Crippen molar-refractivity contribution in [2.45, 2.75) is 6.92 Å². The summed E-state index contributed by atoms with van der Waals surface area (Å²) in [5.74, 6) is 0. The number of nitrogens with one attached hydrogen (secondary N) is 1. The molecule has 0 amide bonds. The molecule has 0 spiro atoms. The molecule has 1 nitrogen and oxygen atoms in total. The highest BCUT2D eigenvalue weighted by atomic mass is 127. The van der Waals surface area contributed by atoms with Crippen molar-refractivity contribution in [3.8, 4) is 0 Å². The van der Waals surface area contributed by atoms with Gasteiger partial charge in [-0.05, 0) is 18.7 Å². The van der Waals surface area contributed by atoms with E-state index >= 15 is 0 Å². The lowest BCUT2D eigenvalue weighted by Gasteiger charge is -1.89. The Morgan fingerprint density at radius 2 is 2.43 bits per heavy atom. The minimum absolute atomic E-state index is 1.11. The third-order valence-electron chi connectivity index (χ3n) is 0.602. The van der Waals surface area contributed by atoms with Crippen molar-refractivity contribution in [1.29, 1.82) is 0 Å². The Morgan fingerprint density at radius 3 is 2.57 bits per heavy atom. The van der Waals surface area contributed by atoms with E-state index < -0.39 is 0 Å². The maximum atomic E-state index is 2.95. The first-order valence-corrected chi connectivity index (χ1v) is 3.72. The highest BCUT2D eigenvalue weighted by Crippen LogP contribution is 1.94. The highest BCUT2D eigenvalue weighted by molar-refractivity contribution is 14.1. The van der Waals surface area contributed by atoms with Crippen molar-refractivity contribution in [2.75, 3.05) is 11.5 Å². The molecule has 0 rings (SSSR count). The van der Waals surface area contributed by atoms with E-state index in [1.54, 1.807) is 0 Å². The molecule has 7 heavy (non-hydrogen) atoms. The molecule has 0 aromatic heterocycles. The fourth-order valence-electron chi connectivity index (χ4n) is 0.285. The van der Waals surface area contributed by atoms with Crippen molar-refractivity contribution >= 4 is 22.6 Å². The number of rotatable bonds is 2. The summed E-state index contributed by atoms with van der Waals surface area (Å²) in [6.07, 6.45) is 2.01. The maximum absolute atomic E-state index is 2.95. The molecule has 2 heteroatoms. The molecule has 0 heterocycles. The second-order valence-corrected chi connectivity index (χ2v) is 2.18. The van der Waals surface area contributed by atoms with Gasteiger partial charge in [-0.25, -0.2) is 0 Å². The van der Waals surface area contributed by atoms with Gasteiger partial charge in [-0.1, -0.05) is 22.6 Å². The summed E-state index contributed by atoms with van der Waals surface area (Å²) in [6, 6.07) is 0. The molecule has 0 saturated carbocycles. The third kappa shape index (κ3) is 4.12. The van der Waals surface area contributed by atoms with E-state index in [0.717, 1.165) is 4.43 Å². The first-order valence-electron chi connectivity index (χ1n) is 2.20. The van der Waals surface area contributed by atoms with Gasteiger partial charge in [-0.3, -0.25) is 0 Å². The number of halogens is 1. The van der Waals surface area contributed by atoms with Crippen LogP contribution in [0.3, 0.4) is 0 Å². The molecule has 0 fully saturated rings. The fraction of sp³-hybridized carbons (Fsp3) is 0.600. The van der Waals surface area contributed by atoms with Gasteiger partial charge in [0.15, 0.2) is 0 Å². The fourth-order valence-corrected chi connectivity index (χ4v) is 0.505. The molecule has 42 valence electrons. The van der Waals surface area contributed by atoms with Gasteiger partial charge in [0.2, 0.25) is 0 Å². The minimum atomic E-state index is 1.11. The number of allylic oxidation sites excluding steroid dienone is 1. The van der Waals surface area contributed by atoms with Crippen LogP contribution in [0.2, 0.25) is 0 Å². The van der Waals surface area contributed by atoms with Crippen LogP contribution < -0.4 is 5.32 Å². The normalized spacial score (nSPS) is 11.6. The van der Waals surface area contributed by atoms with Crippen LogP contribution in [0.25, 0.3) is 0 Å². The zero-order valence-corrected chi connectivity index (χ0v) is 6.82. The smallest absolute Gasteiger partial charge is 0.0220 e. The second kappa shape index (κ2) is 4.43. The molecule has 1 N–H and O–H groups in total.